The van der Waals surface area contributed by atoms with Crippen LogP contribution < -0.4 is 0 Å². The first-order valence-electron chi connectivity index (χ1n) is 8.14. The average molecular weight is 264 g/mol. The number of rotatable bonds is 4. The van der Waals surface area contributed by atoms with Crippen molar-refractivity contribution in [2.24, 2.45) is 17.8 Å². The van der Waals surface area contributed by atoms with E-state index >= 15 is 0 Å². The van der Waals surface area contributed by atoms with E-state index in [1.807, 2.05) is 0 Å². The van der Waals surface area contributed by atoms with Gasteiger partial charge in [0.1, 0.15) is 0 Å². The van der Waals surface area contributed by atoms with Gasteiger partial charge in [0.15, 0.2) is 0 Å². The van der Waals surface area contributed by atoms with Crippen LogP contribution in [0.25, 0.3) is 0 Å². The summed E-state index contributed by atoms with van der Waals surface area (Å²) in [5.41, 5.74) is 0. The molecule has 1 N–H and O–H groups in total. The van der Waals surface area contributed by atoms with Crippen LogP contribution in [0.3, 0.4) is 0 Å². The summed E-state index contributed by atoms with van der Waals surface area (Å²) in [4.78, 5) is 10.7. The summed E-state index contributed by atoms with van der Waals surface area (Å²) in [6, 6.07) is 0. The van der Waals surface area contributed by atoms with Crippen molar-refractivity contribution in [1.82, 2.24) is 0 Å². The third-order valence-electron chi connectivity index (χ3n) is 5.03. The molecule has 2 rings (SSSR count). The molecule has 1 fully saturated rings. The lowest BCUT2D eigenvalue weighted by atomic mass is 9.82. The molecule has 2 atom stereocenters. The molecule has 2 heteroatoms. The van der Waals surface area contributed by atoms with Crippen molar-refractivity contribution in [3.63, 3.8) is 0 Å². The van der Waals surface area contributed by atoms with Crippen molar-refractivity contribution in [2.45, 2.75) is 70.6 Å². The zero-order valence-corrected chi connectivity index (χ0v) is 12.0. The van der Waals surface area contributed by atoms with Gasteiger partial charge >= 0.3 is 5.97 Å². The summed E-state index contributed by atoms with van der Waals surface area (Å²) in [5.74, 6) is 1.63. The largest absolute Gasteiger partial charge is 0.481 e. The van der Waals surface area contributed by atoms with E-state index in [0.29, 0.717) is 12.3 Å². The quantitative estimate of drug-likeness (QED) is 0.585. The number of carboxylic acid groups (broad SMARTS) is 1. The highest BCUT2D eigenvalue weighted by Crippen LogP contribution is 2.36. The zero-order valence-electron chi connectivity index (χ0n) is 12.0. The molecular weight excluding hydrogens is 236 g/mol. The maximum absolute atomic E-state index is 10.7. The molecule has 0 aromatic rings. The predicted molar refractivity (Wildman–Crippen MR) is 78.0 cm³/mol. The van der Waals surface area contributed by atoms with Crippen LogP contribution in [0, 0.1) is 17.8 Å². The highest BCUT2D eigenvalue weighted by molar-refractivity contribution is 5.66. The van der Waals surface area contributed by atoms with E-state index in [1.54, 1.807) is 0 Å². The fraction of sp³-hybridized carbons (Fsp3) is 0.824. The van der Waals surface area contributed by atoms with Gasteiger partial charge in [-0.25, -0.2) is 0 Å². The number of hydrogen-bond acceptors (Lipinski definition) is 1. The van der Waals surface area contributed by atoms with Crippen molar-refractivity contribution in [3.05, 3.63) is 12.2 Å². The Kier molecular flexibility index (Phi) is 5.93. The highest BCUT2D eigenvalue weighted by atomic mass is 16.4. The van der Waals surface area contributed by atoms with E-state index in [2.05, 4.69) is 12.2 Å². The first-order valence-corrected chi connectivity index (χ1v) is 8.14. The normalized spacial score (nSPS) is 29.7. The first-order chi connectivity index (χ1) is 9.25. The van der Waals surface area contributed by atoms with Crippen LogP contribution in [0.4, 0.5) is 0 Å². The molecule has 0 spiro atoms. The van der Waals surface area contributed by atoms with Crippen molar-refractivity contribution in [2.75, 3.05) is 0 Å². The molecule has 0 radical (unpaired) electrons. The van der Waals surface area contributed by atoms with Crippen LogP contribution in [0.2, 0.25) is 0 Å². The lowest BCUT2D eigenvalue weighted by molar-refractivity contribution is -0.137. The maximum atomic E-state index is 10.7. The average Bonchev–Trinajstić information content (AvgIpc) is 2.78. The molecule has 0 aromatic heterocycles. The number of hydrogen-bond donors (Lipinski definition) is 1. The molecule has 0 heterocycles. The van der Waals surface area contributed by atoms with Crippen LogP contribution in [-0.4, -0.2) is 11.1 Å². The monoisotopic (exact) mass is 264 g/mol. The van der Waals surface area contributed by atoms with Crippen LogP contribution in [0.5, 0.6) is 0 Å². The third-order valence-corrected chi connectivity index (χ3v) is 5.03. The molecule has 2 aliphatic carbocycles. The molecule has 2 aliphatic rings. The van der Waals surface area contributed by atoms with Crippen molar-refractivity contribution >= 4 is 5.97 Å². The van der Waals surface area contributed by atoms with E-state index in [4.69, 9.17) is 5.11 Å². The second-order valence-electron chi connectivity index (χ2n) is 6.46. The van der Waals surface area contributed by atoms with Crippen LogP contribution in [0.1, 0.15) is 70.6 Å². The maximum Gasteiger partial charge on any atom is 0.303 e. The Morgan fingerprint density at radius 1 is 1.05 bits per heavy atom. The van der Waals surface area contributed by atoms with E-state index in [9.17, 15) is 4.79 Å². The van der Waals surface area contributed by atoms with Gasteiger partial charge in [0, 0.05) is 6.42 Å². The second-order valence-corrected chi connectivity index (χ2v) is 6.46. The lowest BCUT2D eigenvalue weighted by Crippen LogP contribution is -2.12. The summed E-state index contributed by atoms with van der Waals surface area (Å²) >= 11 is 0. The second kappa shape index (κ2) is 7.72. The van der Waals surface area contributed by atoms with Gasteiger partial charge in [0.25, 0.3) is 0 Å². The minimum Gasteiger partial charge on any atom is -0.481 e. The Morgan fingerprint density at radius 3 is 2.47 bits per heavy atom. The molecule has 1 saturated carbocycles. The fourth-order valence-corrected chi connectivity index (χ4v) is 3.81. The molecule has 0 aromatic carbocycles. The zero-order chi connectivity index (χ0) is 13.5. The Labute approximate surface area is 117 Å². The van der Waals surface area contributed by atoms with Gasteiger partial charge in [-0.05, 0) is 56.3 Å². The Balaban J connectivity index is 1.80. The first kappa shape index (κ1) is 14.6. The summed E-state index contributed by atoms with van der Waals surface area (Å²) in [6.07, 6.45) is 18.1. The highest BCUT2D eigenvalue weighted by Gasteiger charge is 2.23. The van der Waals surface area contributed by atoms with Gasteiger partial charge in [-0.2, -0.15) is 0 Å². The van der Waals surface area contributed by atoms with Gasteiger partial charge in [-0.15, -0.1) is 0 Å². The smallest absolute Gasteiger partial charge is 0.303 e. The summed E-state index contributed by atoms with van der Waals surface area (Å²) in [6.45, 7) is 0. The topological polar surface area (TPSA) is 37.3 Å². The van der Waals surface area contributed by atoms with Crippen LogP contribution >= 0.6 is 0 Å². The summed E-state index contributed by atoms with van der Waals surface area (Å²) in [5, 5.41) is 8.78. The number of carboxylic acids is 1. The van der Waals surface area contributed by atoms with E-state index in [1.165, 1.54) is 51.4 Å². The minimum absolute atomic E-state index is 0.340. The Morgan fingerprint density at radius 2 is 1.79 bits per heavy atom. The van der Waals surface area contributed by atoms with Gasteiger partial charge in [0.05, 0.1) is 0 Å². The molecule has 0 aliphatic heterocycles. The standard InChI is InChI=1S/C17H28O2/c18-17(19)13-11-14-6-5-9-16(12-10-14)15-7-3-1-2-4-8-15/h5,9,14-16H,1-4,6-8,10-13H2,(H,18,19). The van der Waals surface area contributed by atoms with Crippen molar-refractivity contribution in [1.29, 1.82) is 0 Å². The molecule has 19 heavy (non-hydrogen) atoms. The van der Waals surface area contributed by atoms with Gasteiger partial charge in [-0.3, -0.25) is 4.79 Å². The van der Waals surface area contributed by atoms with E-state index < -0.39 is 5.97 Å². The number of aliphatic carboxylic acids is 1. The van der Waals surface area contributed by atoms with Crippen LogP contribution in [0.15, 0.2) is 12.2 Å². The Hall–Kier alpha value is -0.790. The Bertz CT molecular complexity index is 300. The van der Waals surface area contributed by atoms with E-state index in [0.717, 1.165) is 24.7 Å². The molecule has 2 unspecified atom stereocenters. The van der Waals surface area contributed by atoms with Crippen LogP contribution in [-0.2, 0) is 4.79 Å². The lowest BCUT2D eigenvalue weighted by Gasteiger charge is -2.23. The molecule has 0 amide bonds. The molecule has 0 bridgehead atoms. The summed E-state index contributed by atoms with van der Waals surface area (Å²) in [7, 11) is 0. The molecule has 108 valence electrons. The van der Waals surface area contributed by atoms with Gasteiger partial charge in [0.2, 0.25) is 0 Å². The molecule has 2 nitrogen and oxygen atoms in total. The summed E-state index contributed by atoms with van der Waals surface area (Å²) < 4.78 is 0. The number of carbonyl (C=O) groups is 1. The molecular formula is C17H28O2. The van der Waals surface area contributed by atoms with E-state index in [-0.39, 0.29) is 0 Å². The fourth-order valence-electron chi connectivity index (χ4n) is 3.81. The minimum atomic E-state index is -0.645. The SMILES string of the molecule is O=C(O)CCC1CC=CC(C2CCCCCC2)CC1. The third kappa shape index (κ3) is 5.00. The van der Waals surface area contributed by atoms with Gasteiger partial charge in [-0.1, -0.05) is 37.8 Å². The van der Waals surface area contributed by atoms with Crippen molar-refractivity contribution < 1.29 is 9.90 Å². The molecule has 0 saturated heterocycles. The van der Waals surface area contributed by atoms with Crippen molar-refractivity contribution in [3.8, 4) is 0 Å². The van der Waals surface area contributed by atoms with Gasteiger partial charge < -0.3 is 5.11 Å². The predicted octanol–water partition coefficient (Wildman–Crippen LogP) is 4.79. The number of allylic oxidation sites excluding steroid dienone is 2.